The predicted octanol–water partition coefficient (Wildman–Crippen LogP) is 2.07. The maximum absolute atomic E-state index is 5.22. The summed E-state index contributed by atoms with van der Waals surface area (Å²) in [6.45, 7) is 2.95. The van der Waals surface area contributed by atoms with E-state index in [2.05, 4.69) is 13.0 Å². The molecule has 64 valence electrons. The lowest BCUT2D eigenvalue weighted by molar-refractivity contribution is 0.404. The number of aryl methyl sites for hydroxylation is 1. The van der Waals surface area contributed by atoms with Crippen LogP contribution in [0, 0.1) is 6.92 Å². The number of methoxy groups -OCH3 is 1. The van der Waals surface area contributed by atoms with Gasteiger partial charge in [-0.25, -0.2) is 0 Å². The zero-order chi connectivity index (χ0) is 8.55. The fourth-order valence-corrected chi connectivity index (χ4v) is 1.32. The molecule has 1 aliphatic heterocycles. The maximum atomic E-state index is 5.22. The van der Waals surface area contributed by atoms with E-state index in [-0.39, 0.29) is 0 Å². The number of ether oxygens (including phenoxy) is 2. The van der Waals surface area contributed by atoms with Crippen molar-refractivity contribution >= 4 is 0 Å². The molecule has 0 bridgehead atoms. The van der Waals surface area contributed by atoms with Crippen molar-refractivity contribution in [2.45, 2.75) is 13.0 Å². The van der Waals surface area contributed by atoms with Crippen LogP contribution in [-0.4, -0.2) is 13.7 Å². The molecule has 2 nitrogen and oxygen atoms in total. The first-order valence-corrected chi connectivity index (χ1v) is 4.07. The van der Waals surface area contributed by atoms with Crippen molar-refractivity contribution < 1.29 is 9.47 Å². The Balaban J connectivity index is 2.36. The highest BCUT2D eigenvalue weighted by Gasteiger charge is 2.26. The quantitative estimate of drug-likeness (QED) is 0.624. The van der Waals surface area contributed by atoms with Gasteiger partial charge in [-0.2, -0.15) is 0 Å². The Labute approximate surface area is 72.1 Å². The molecule has 0 aliphatic carbocycles. The summed E-state index contributed by atoms with van der Waals surface area (Å²) in [6.07, 6.45) is 0.320. The zero-order valence-electron chi connectivity index (χ0n) is 7.33. The molecule has 1 aromatic carbocycles. The second kappa shape index (κ2) is 2.79. The molecule has 2 rings (SSSR count). The smallest absolute Gasteiger partial charge is 0.119 e. The molecule has 1 saturated heterocycles. The summed E-state index contributed by atoms with van der Waals surface area (Å²) in [6, 6.07) is 6.09. The molecule has 2 heteroatoms. The van der Waals surface area contributed by atoms with Gasteiger partial charge >= 0.3 is 0 Å². The first-order valence-electron chi connectivity index (χ1n) is 4.07. The lowest BCUT2D eigenvalue weighted by Crippen LogP contribution is -1.89. The molecule has 1 aromatic rings. The molecule has 0 radical (unpaired) electrons. The van der Waals surface area contributed by atoms with E-state index in [4.69, 9.17) is 9.47 Å². The van der Waals surface area contributed by atoms with Crippen LogP contribution in [-0.2, 0) is 4.74 Å². The summed E-state index contributed by atoms with van der Waals surface area (Å²) in [4.78, 5) is 0. The van der Waals surface area contributed by atoms with Gasteiger partial charge in [0.15, 0.2) is 0 Å². The number of hydrogen-bond acceptors (Lipinski definition) is 2. The van der Waals surface area contributed by atoms with Crippen LogP contribution in [0.3, 0.4) is 0 Å². The molecule has 1 aliphatic rings. The van der Waals surface area contributed by atoms with E-state index in [9.17, 15) is 0 Å². The monoisotopic (exact) mass is 164 g/mol. The van der Waals surface area contributed by atoms with Gasteiger partial charge in [-0.05, 0) is 30.2 Å². The summed E-state index contributed by atoms with van der Waals surface area (Å²) in [5.74, 6) is 0.908. The summed E-state index contributed by atoms with van der Waals surface area (Å²) in [7, 11) is 1.68. The summed E-state index contributed by atoms with van der Waals surface area (Å²) < 4.78 is 10.4. The highest BCUT2D eigenvalue weighted by molar-refractivity contribution is 5.37. The molecular weight excluding hydrogens is 152 g/mol. The van der Waals surface area contributed by atoms with Gasteiger partial charge in [0, 0.05) is 0 Å². The molecule has 0 N–H and O–H groups in total. The number of epoxide rings is 1. The number of benzene rings is 1. The predicted molar refractivity (Wildman–Crippen MR) is 46.4 cm³/mol. The minimum Gasteiger partial charge on any atom is -0.497 e. The zero-order valence-corrected chi connectivity index (χ0v) is 7.33. The van der Waals surface area contributed by atoms with Crippen molar-refractivity contribution in [2.75, 3.05) is 13.7 Å². The second-order valence-corrected chi connectivity index (χ2v) is 3.04. The van der Waals surface area contributed by atoms with Gasteiger partial charge in [0.2, 0.25) is 0 Å². The van der Waals surface area contributed by atoms with E-state index in [1.165, 1.54) is 11.1 Å². The molecule has 12 heavy (non-hydrogen) atoms. The van der Waals surface area contributed by atoms with E-state index in [0.29, 0.717) is 6.10 Å². The summed E-state index contributed by atoms with van der Waals surface area (Å²) >= 11 is 0. The molecule has 1 unspecified atom stereocenters. The summed E-state index contributed by atoms with van der Waals surface area (Å²) in [5, 5.41) is 0. The van der Waals surface area contributed by atoms with Crippen LogP contribution in [0.25, 0.3) is 0 Å². The number of hydrogen-bond donors (Lipinski definition) is 0. The van der Waals surface area contributed by atoms with Crippen molar-refractivity contribution in [3.63, 3.8) is 0 Å². The lowest BCUT2D eigenvalue weighted by Gasteiger charge is -2.04. The van der Waals surface area contributed by atoms with E-state index < -0.39 is 0 Å². The molecule has 1 fully saturated rings. The van der Waals surface area contributed by atoms with E-state index >= 15 is 0 Å². The van der Waals surface area contributed by atoms with Gasteiger partial charge in [0.25, 0.3) is 0 Å². The van der Waals surface area contributed by atoms with E-state index in [1.807, 2.05) is 12.1 Å². The second-order valence-electron chi connectivity index (χ2n) is 3.04. The average molecular weight is 164 g/mol. The third-order valence-corrected chi connectivity index (χ3v) is 2.17. The van der Waals surface area contributed by atoms with Crippen molar-refractivity contribution in [1.29, 1.82) is 0 Å². The first kappa shape index (κ1) is 7.62. The Hall–Kier alpha value is -1.02. The SMILES string of the molecule is COc1ccc(C)c(C2CO2)c1. The molecule has 1 atom stereocenters. The van der Waals surface area contributed by atoms with Crippen LogP contribution in [0.15, 0.2) is 18.2 Å². The number of rotatable bonds is 2. The van der Waals surface area contributed by atoms with Gasteiger partial charge in [-0.15, -0.1) is 0 Å². The first-order chi connectivity index (χ1) is 5.81. The molecule has 0 amide bonds. The fraction of sp³-hybridized carbons (Fsp3) is 0.400. The van der Waals surface area contributed by atoms with Crippen LogP contribution in [0.5, 0.6) is 5.75 Å². The normalized spacial score (nSPS) is 20.7. The van der Waals surface area contributed by atoms with Crippen LogP contribution >= 0.6 is 0 Å². The molecule has 1 heterocycles. The Kier molecular flexibility index (Phi) is 1.77. The molecule has 0 aromatic heterocycles. The molecular formula is C10H12O2. The fourth-order valence-electron chi connectivity index (χ4n) is 1.32. The van der Waals surface area contributed by atoms with Gasteiger partial charge in [-0.3, -0.25) is 0 Å². The Bertz CT molecular complexity index is 290. The van der Waals surface area contributed by atoms with Crippen LogP contribution in [0.4, 0.5) is 0 Å². The Morgan fingerprint density at radius 2 is 2.25 bits per heavy atom. The van der Waals surface area contributed by atoms with Crippen LogP contribution in [0.1, 0.15) is 17.2 Å². The van der Waals surface area contributed by atoms with Gasteiger partial charge < -0.3 is 9.47 Å². The maximum Gasteiger partial charge on any atom is 0.119 e. The largest absolute Gasteiger partial charge is 0.497 e. The highest BCUT2D eigenvalue weighted by atomic mass is 16.6. The Morgan fingerprint density at radius 3 is 2.83 bits per heavy atom. The van der Waals surface area contributed by atoms with Gasteiger partial charge in [0.1, 0.15) is 11.9 Å². The third-order valence-electron chi connectivity index (χ3n) is 2.17. The van der Waals surface area contributed by atoms with E-state index in [1.54, 1.807) is 7.11 Å². The van der Waals surface area contributed by atoms with Crippen molar-refractivity contribution in [3.05, 3.63) is 29.3 Å². The minimum atomic E-state index is 0.320. The van der Waals surface area contributed by atoms with Crippen LogP contribution < -0.4 is 4.74 Å². The standard InChI is InChI=1S/C10H12O2/c1-7-3-4-8(11-2)5-9(7)10-6-12-10/h3-5,10H,6H2,1-2H3. The average Bonchev–Trinajstić information content (AvgIpc) is 2.88. The van der Waals surface area contributed by atoms with Gasteiger partial charge in [0.05, 0.1) is 13.7 Å². The van der Waals surface area contributed by atoms with Crippen molar-refractivity contribution in [2.24, 2.45) is 0 Å². The minimum absolute atomic E-state index is 0.320. The highest BCUT2D eigenvalue weighted by Crippen LogP contribution is 2.33. The molecule has 0 spiro atoms. The third kappa shape index (κ3) is 1.30. The topological polar surface area (TPSA) is 21.8 Å². The lowest BCUT2D eigenvalue weighted by atomic mass is 10.1. The van der Waals surface area contributed by atoms with Gasteiger partial charge in [-0.1, -0.05) is 6.07 Å². The van der Waals surface area contributed by atoms with Crippen molar-refractivity contribution in [1.82, 2.24) is 0 Å². The van der Waals surface area contributed by atoms with E-state index in [0.717, 1.165) is 12.4 Å². The Morgan fingerprint density at radius 1 is 1.50 bits per heavy atom. The molecule has 0 saturated carbocycles. The van der Waals surface area contributed by atoms with Crippen molar-refractivity contribution in [3.8, 4) is 5.75 Å². The summed E-state index contributed by atoms with van der Waals surface area (Å²) in [5.41, 5.74) is 2.53. The van der Waals surface area contributed by atoms with Crippen LogP contribution in [0.2, 0.25) is 0 Å².